The Labute approximate surface area is 190 Å². The van der Waals surface area contributed by atoms with Crippen LogP contribution in [0.15, 0.2) is 30.4 Å². The molecule has 6 nitrogen and oxygen atoms in total. The first-order chi connectivity index (χ1) is 14.8. The maximum Gasteiger partial charge on any atom is 0.245 e. The highest BCUT2D eigenvalue weighted by Crippen LogP contribution is 2.68. The molecule has 1 aromatic rings. The van der Waals surface area contributed by atoms with Gasteiger partial charge < -0.3 is 9.47 Å². The van der Waals surface area contributed by atoms with Crippen molar-refractivity contribution in [1.82, 2.24) is 0 Å². The van der Waals surface area contributed by atoms with Gasteiger partial charge in [0.25, 0.3) is 0 Å². The predicted octanol–water partition coefficient (Wildman–Crippen LogP) is 4.94. The number of fused-ring (bicyclic) bond motifs is 4. The molecule has 5 rings (SSSR count). The molecule has 1 saturated carbocycles. The second kappa shape index (κ2) is 6.47. The molecule has 156 valence electrons. The Bertz CT molecular complexity index is 1150. The van der Waals surface area contributed by atoms with Crippen LogP contribution in [0.1, 0.15) is 25.3 Å². The smallest absolute Gasteiger partial charge is 0.245 e. The number of nitriles is 3. The maximum atomic E-state index is 10.4. The number of allylic oxidation sites excluding steroid dienone is 2. The molecule has 4 bridgehead atoms. The van der Waals surface area contributed by atoms with Gasteiger partial charge in [-0.3, -0.25) is 5.41 Å². The van der Waals surface area contributed by atoms with Crippen molar-refractivity contribution < 1.29 is 9.47 Å². The van der Waals surface area contributed by atoms with Crippen molar-refractivity contribution in [1.29, 1.82) is 21.2 Å². The third-order valence-electron chi connectivity index (χ3n) is 7.74. The van der Waals surface area contributed by atoms with Gasteiger partial charge >= 0.3 is 0 Å². The second-order valence-electron chi connectivity index (χ2n) is 8.88. The molecule has 7 unspecified atom stereocenters. The summed E-state index contributed by atoms with van der Waals surface area (Å²) in [4.78, 5) is 0. The van der Waals surface area contributed by atoms with Crippen molar-refractivity contribution in [3.05, 3.63) is 46.0 Å². The molecule has 2 heterocycles. The average Bonchev–Trinajstić information content (AvgIpc) is 3.41. The van der Waals surface area contributed by atoms with E-state index >= 15 is 0 Å². The molecular formula is C23H18Cl2N4O2. The van der Waals surface area contributed by atoms with E-state index in [9.17, 15) is 15.8 Å². The van der Waals surface area contributed by atoms with Crippen LogP contribution in [0.2, 0.25) is 10.0 Å². The average molecular weight is 453 g/mol. The molecule has 3 fully saturated rings. The summed E-state index contributed by atoms with van der Waals surface area (Å²) in [6.07, 6.45) is 5.03. The number of benzene rings is 1. The third kappa shape index (κ3) is 2.22. The Hall–Kier alpha value is -2.56. The molecule has 2 aliphatic carbocycles. The van der Waals surface area contributed by atoms with Crippen LogP contribution in [0.5, 0.6) is 0 Å². The number of hydrogen-bond donors (Lipinski definition) is 1. The fraction of sp³-hybridized carbons (Fsp3) is 0.478. The highest BCUT2D eigenvalue weighted by Gasteiger charge is 2.80. The zero-order valence-electron chi connectivity index (χ0n) is 16.6. The fourth-order valence-corrected chi connectivity index (χ4v) is 6.76. The first-order valence-corrected chi connectivity index (χ1v) is 10.9. The molecule has 4 aliphatic rings. The largest absolute Gasteiger partial charge is 0.443 e. The van der Waals surface area contributed by atoms with Crippen LogP contribution >= 0.6 is 23.2 Å². The summed E-state index contributed by atoms with van der Waals surface area (Å²) in [5.41, 5.74) is -3.25. The Kier molecular flexibility index (Phi) is 4.25. The van der Waals surface area contributed by atoms with Crippen molar-refractivity contribution in [2.75, 3.05) is 0 Å². The summed E-state index contributed by atoms with van der Waals surface area (Å²) in [6, 6.07) is 11.2. The molecule has 31 heavy (non-hydrogen) atoms. The van der Waals surface area contributed by atoms with Crippen molar-refractivity contribution in [2.45, 2.75) is 31.7 Å². The SMILES string of the molecule is CC1C2(c3ccc(Cl)cc3Cl)OC(=N)C1(C#N)C(C#N)(C#N)C(C1CC3C=CC1C3)O2. The number of ether oxygens (including phenoxy) is 2. The molecule has 2 aliphatic heterocycles. The quantitative estimate of drug-likeness (QED) is 0.637. The molecular weight excluding hydrogens is 435 g/mol. The summed E-state index contributed by atoms with van der Waals surface area (Å²) < 4.78 is 12.6. The summed E-state index contributed by atoms with van der Waals surface area (Å²) in [6.45, 7) is 1.68. The lowest BCUT2D eigenvalue weighted by Crippen LogP contribution is -2.63. The third-order valence-corrected chi connectivity index (χ3v) is 8.28. The molecule has 1 aromatic carbocycles. The Balaban J connectivity index is 1.77. The van der Waals surface area contributed by atoms with E-state index in [4.69, 9.17) is 38.1 Å². The fourth-order valence-electron chi connectivity index (χ4n) is 6.22. The second-order valence-corrected chi connectivity index (χ2v) is 9.72. The van der Waals surface area contributed by atoms with E-state index in [-0.39, 0.29) is 16.9 Å². The van der Waals surface area contributed by atoms with Crippen LogP contribution in [-0.4, -0.2) is 12.0 Å². The summed E-state index contributed by atoms with van der Waals surface area (Å²) >= 11 is 12.6. The Morgan fingerprint density at radius 2 is 1.84 bits per heavy atom. The van der Waals surface area contributed by atoms with Gasteiger partial charge in [-0.05, 0) is 48.8 Å². The maximum absolute atomic E-state index is 10.4. The molecule has 0 radical (unpaired) electrons. The number of nitrogens with zero attached hydrogens (tertiary/aromatic N) is 3. The van der Waals surface area contributed by atoms with E-state index in [2.05, 4.69) is 30.4 Å². The van der Waals surface area contributed by atoms with Gasteiger partial charge in [-0.1, -0.05) is 42.3 Å². The van der Waals surface area contributed by atoms with E-state index in [0.717, 1.165) is 12.8 Å². The van der Waals surface area contributed by atoms with E-state index in [0.29, 0.717) is 16.5 Å². The minimum atomic E-state index is -1.89. The molecule has 0 amide bonds. The van der Waals surface area contributed by atoms with Crippen LogP contribution < -0.4 is 0 Å². The monoisotopic (exact) mass is 452 g/mol. The van der Waals surface area contributed by atoms with Crippen molar-refractivity contribution in [3.63, 3.8) is 0 Å². The van der Waals surface area contributed by atoms with Gasteiger partial charge in [0, 0.05) is 10.6 Å². The predicted molar refractivity (Wildman–Crippen MR) is 112 cm³/mol. The van der Waals surface area contributed by atoms with E-state index < -0.39 is 34.5 Å². The van der Waals surface area contributed by atoms with Gasteiger partial charge in [-0.15, -0.1) is 0 Å². The standard InChI is InChI=1S/C23H18Cl2N4O2/c1-12-22(11-28)20(29)31-23(12,17-5-4-15(24)8-18(17)25)30-19(21(22,9-26)10-27)16-7-13-2-3-14(16)6-13/h2-5,8,12-14,16,19,29H,6-7H2,1H3. The first kappa shape index (κ1) is 20.3. The molecule has 0 aromatic heterocycles. The lowest BCUT2D eigenvalue weighted by atomic mass is 9.52. The van der Waals surface area contributed by atoms with Crippen LogP contribution in [0, 0.1) is 73.9 Å². The number of nitrogens with one attached hydrogen (secondary N) is 1. The van der Waals surface area contributed by atoms with E-state index in [1.54, 1.807) is 25.1 Å². The van der Waals surface area contributed by atoms with Crippen molar-refractivity contribution >= 4 is 29.1 Å². The molecule has 2 saturated heterocycles. The topological polar surface area (TPSA) is 114 Å². The van der Waals surface area contributed by atoms with Gasteiger partial charge in [0.2, 0.25) is 11.7 Å². The summed E-state index contributed by atoms with van der Waals surface area (Å²) in [7, 11) is 0. The molecule has 7 atom stereocenters. The van der Waals surface area contributed by atoms with Crippen molar-refractivity contribution in [2.24, 2.45) is 34.5 Å². The van der Waals surface area contributed by atoms with Gasteiger partial charge in [-0.2, -0.15) is 15.8 Å². The van der Waals surface area contributed by atoms with Crippen LogP contribution in [0.4, 0.5) is 0 Å². The normalized spacial score (nSPS) is 41.3. The summed E-state index contributed by atoms with van der Waals surface area (Å²) in [5, 5.41) is 40.4. The molecule has 0 spiro atoms. The highest BCUT2D eigenvalue weighted by molar-refractivity contribution is 6.35. The van der Waals surface area contributed by atoms with Gasteiger partial charge in [-0.25, -0.2) is 0 Å². The summed E-state index contributed by atoms with van der Waals surface area (Å²) in [5.74, 6) is -2.47. The zero-order chi connectivity index (χ0) is 22.2. The van der Waals surface area contributed by atoms with Crippen LogP contribution in [0.3, 0.4) is 0 Å². The molecule has 1 N–H and O–H groups in total. The van der Waals surface area contributed by atoms with E-state index in [1.165, 1.54) is 0 Å². The molecule has 8 heteroatoms. The number of hydrogen-bond acceptors (Lipinski definition) is 6. The highest BCUT2D eigenvalue weighted by atomic mass is 35.5. The zero-order valence-corrected chi connectivity index (χ0v) is 18.1. The van der Waals surface area contributed by atoms with Gasteiger partial charge in [0.05, 0.1) is 35.3 Å². The number of halogens is 2. The van der Waals surface area contributed by atoms with E-state index in [1.807, 2.05) is 0 Å². The Morgan fingerprint density at radius 3 is 2.39 bits per heavy atom. The van der Waals surface area contributed by atoms with Gasteiger partial charge in [0.15, 0.2) is 10.8 Å². The van der Waals surface area contributed by atoms with Gasteiger partial charge in [0.1, 0.15) is 0 Å². The lowest BCUT2D eigenvalue weighted by molar-refractivity contribution is -0.297. The lowest BCUT2D eigenvalue weighted by Gasteiger charge is -2.51. The minimum absolute atomic E-state index is 0.144. The van der Waals surface area contributed by atoms with Crippen LogP contribution in [-0.2, 0) is 15.3 Å². The minimum Gasteiger partial charge on any atom is -0.443 e. The van der Waals surface area contributed by atoms with Crippen molar-refractivity contribution in [3.8, 4) is 18.2 Å². The van der Waals surface area contributed by atoms with Crippen LogP contribution in [0.25, 0.3) is 0 Å². The number of rotatable bonds is 2. The Morgan fingerprint density at radius 1 is 1.10 bits per heavy atom. The first-order valence-electron chi connectivity index (χ1n) is 10.1.